The zero-order chi connectivity index (χ0) is 13.8. The van der Waals surface area contributed by atoms with Crippen molar-refractivity contribution in [1.82, 2.24) is 30.2 Å². The summed E-state index contributed by atoms with van der Waals surface area (Å²) in [6.07, 6.45) is 6.67. The summed E-state index contributed by atoms with van der Waals surface area (Å²) in [5.74, 6) is 0. The number of nitrogens with zero attached hydrogens (tertiary/aromatic N) is 6. The second kappa shape index (κ2) is 5.43. The first-order valence-electron chi connectivity index (χ1n) is 6.19. The second-order valence-corrected chi connectivity index (χ2v) is 4.30. The molecule has 0 saturated heterocycles. The van der Waals surface area contributed by atoms with Crippen molar-refractivity contribution in [3.8, 4) is 5.69 Å². The molecule has 0 spiro atoms. The lowest BCUT2D eigenvalue weighted by Crippen LogP contribution is -2.08. The minimum atomic E-state index is 0.0857. The van der Waals surface area contributed by atoms with Crippen LogP contribution in [0.2, 0.25) is 0 Å². The fraction of sp³-hybridized carbons (Fsp3) is 0.154. The van der Waals surface area contributed by atoms with Crippen molar-refractivity contribution in [1.29, 1.82) is 0 Å². The molecule has 0 saturated carbocycles. The minimum absolute atomic E-state index is 0.0857. The highest BCUT2D eigenvalue weighted by Crippen LogP contribution is 2.18. The van der Waals surface area contributed by atoms with Crippen LogP contribution in [0.4, 0.5) is 5.69 Å². The van der Waals surface area contributed by atoms with Crippen LogP contribution in [0, 0.1) is 0 Å². The maximum absolute atomic E-state index is 4.28. The third-order valence-electron chi connectivity index (χ3n) is 2.89. The Morgan fingerprint density at radius 1 is 1.15 bits per heavy atom. The summed E-state index contributed by atoms with van der Waals surface area (Å²) >= 11 is 0. The van der Waals surface area contributed by atoms with E-state index in [0.717, 1.165) is 17.1 Å². The first-order chi connectivity index (χ1) is 9.83. The maximum atomic E-state index is 4.28. The first kappa shape index (κ1) is 12.2. The van der Waals surface area contributed by atoms with Crippen molar-refractivity contribution >= 4 is 5.69 Å². The molecule has 0 bridgehead atoms. The number of hydrogen-bond donors (Lipinski definition) is 1. The van der Waals surface area contributed by atoms with Gasteiger partial charge in [-0.1, -0.05) is 0 Å². The average Bonchev–Trinajstić information content (AvgIpc) is 3.03. The van der Waals surface area contributed by atoms with Crippen LogP contribution in [0.1, 0.15) is 18.7 Å². The number of anilines is 1. The van der Waals surface area contributed by atoms with E-state index in [1.807, 2.05) is 31.2 Å². The van der Waals surface area contributed by atoms with E-state index in [0.29, 0.717) is 0 Å². The molecule has 7 nitrogen and oxygen atoms in total. The van der Waals surface area contributed by atoms with Crippen LogP contribution in [-0.4, -0.2) is 30.2 Å². The van der Waals surface area contributed by atoms with Crippen molar-refractivity contribution in [3.63, 3.8) is 0 Å². The van der Waals surface area contributed by atoms with Crippen molar-refractivity contribution in [2.45, 2.75) is 13.0 Å². The van der Waals surface area contributed by atoms with Gasteiger partial charge in [0.1, 0.15) is 6.33 Å². The summed E-state index contributed by atoms with van der Waals surface area (Å²) in [7, 11) is 0. The SMILES string of the molecule is CC(Nc1ccc(-n2cnnn2)cc1)c1cnccn1. The molecule has 0 radical (unpaired) electrons. The molecule has 1 aromatic carbocycles. The van der Waals surface area contributed by atoms with Crippen LogP contribution in [0.3, 0.4) is 0 Å². The Balaban J connectivity index is 1.72. The molecule has 1 unspecified atom stereocenters. The highest BCUT2D eigenvalue weighted by atomic mass is 15.5. The van der Waals surface area contributed by atoms with Crippen LogP contribution >= 0.6 is 0 Å². The Kier molecular flexibility index (Phi) is 3.32. The van der Waals surface area contributed by atoms with E-state index >= 15 is 0 Å². The molecule has 7 heteroatoms. The van der Waals surface area contributed by atoms with Gasteiger partial charge in [0.15, 0.2) is 0 Å². The molecule has 0 aliphatic carbocycles. The van der Waals surface area contributed by atoms with Gasteiger partial charge in [0, 0.05) is 18.1 Å². The number of tetrazole rings is 1. The Morgan fingerprint density at radius 2 is 2.00 bits per heavy atom. The van der Waals surface area contributed by atoms with Gasteiger partial charge in [0.2, 0.25) is 0 Å². The molecule has 2 aromatic heterocycles. The van der Waals surface area contributed by atoms with Gasteiger partial charge in [0.25, 0.3) is 0 Å². The van der Waals surface area contributed by atoms with Gasteiger partial charge in [-0.2, -0.15) is 0 Å². The fourth-order valence-corrected chi connectivity index (χ4v) is 1.85. The molecule has 20 heavy (non-hydrogen) atoms. The van der Waals surface area contributed by atoms with Crippen molar-refractivity contribution < 1.29 is 0 Å². The fourth-order valence-electron chi connectivity index (χ4n) is 1.85. The van der Waals surface area contributed by atoms with Crippen molar-refractivity contribution in [2.24, 2.45) is 0 Å². The number of hydrogen-bond acceptors (Lipinski definition) is 6. The molecule has 0 amide bonds. The van der Waals surface area contributed by atoms with Crippen LogP contribution in [0.25, 0.3) is 5.69 Å². The van der Waals surface area contributed by atoms with E-state index in [2.05, 4.69) is 30.8 Å². The molecular formula is C13H13N7. The molecule has 3 rings (SSSR count). The number of benzene rings is 1. The summed E-state index contributed by atoms with van der Waals surface area (Å²) in [5.41, 5.74) is 2.81. The molecule has 100 valence electrons. The Hall–Kier alpha value is -2.83. The quantitative estimate of drug-likeness (QED) is 0.773. The first-order valence-corrected chi connectivity index (χ1v) is 6.19. The third kappa shape index (κ3) is 2.61. The topological polar surface area (TPSA) is 81.4 Å². The maximum Gasteiger partial charge on any atom is 0.143 e. The monoisotopic (exact) mass is 267 g/mol. The summed E-state index contributed by atoms with van der Waals surface area (Å²) in [4.78, 5) is 8.34. The lowest BCUT2D eigenvalue weighted by Gasteiger charge is -2.14. The zero-order valence-corrected chi connectivity index (χ0v) is 10.9. The van der Waals surface area contributed by atoms with Gasteiger partial charge in [-0.25, -0.2) is 4.68 Å². The minimum Gasteiger partial charge on any atom is -0.377 e. The normalized spacial score (nSPS) is 12.1. The van der Waals surface area contributed by atoms with E-state index in [1.165, 1.54) is 0 Å². The number of nitrogens with one attached hydrogen (secondary N) is 1. The molecule has 0 aliphatic rings. The van der Waals surface area contributed by atoms with Gasteiger partial charge in [-0.15, -0.1) is 5.10 Å². The van der Waals surface area contributed by atoms with Gasteiger partial charge < -0.3 is 5.32 Å². The molecule has 0 fully saturated rings. The van der Waals surface area contributed by atoms with Crippen molar-refractivity contribution in [2.75, 3.05) is 5.32 Å². The standard InChI is InChI=1S/C13H13N7/c1-10(13-8-14-6-7-15-13)17-11-2-4-12(5-3-11)20-9-16-18-19-20/h2-10,17H,1H3. The summed E-state index contributed by atoms with van der Waals surface area (Å²) < 4.78 is 1.61. The average molecular weight is 267 g/mol. The number of aromatic nitrogens is 6. The molecule has 1 atom stereocenters. The summed E-state index contributed by atoms with van der Waals surface area (Å²) in [6.45, 7) is 2.04. The molecular weight excluding hydrogens is 254 g/mol. The van der Waals surface area contributed by atoms with Crippen LogP contribution in [-0.2, 0) is 0 Å². The smallest absolute Gasteiger partial charge is 0.143 e. The third-order valence-corrected chi connectivity index (χ3v) is 2.89. The highest BCUT2D eigenvalue weighted by molar-refractivity contribution is 5.49. The molecule has 1 N–H and O–H groups in total. The Bertz CT molecular complexity index is 649. The Labute approximate surface area is 115 Å². The van der Waals surface area contributed by atoms with Crippen molar-refractivity contribution in [3.05, 3.63) is 54.9 Å². The van der Waals surface area contributed by atoms with E-state index in [4.69, 9.17) is 0 Å². The largest absolute Gasteiger partial charge is 0.377 e. The molecule has 0 aliphatic heterocycles. The van der Waals surface area contributed by atoms with E-state index in [-0.39, 0.29) is 6.04 Å². The zero-order valence-electron chi connectivity index (χ0n) is 10.9. The van der Waals surface area contributed by atoms with Crippen LogP contribution < -0.4 is 5.32 Å². The number of rotatable bonds is 4. The van der Waals surface area contributed by atoms with Gasteiger partial charge in [-0.05, 0) is 41.6 Å². The summed E-state index contributed by atoms with van der Waals surface area (Å²) in [5, 5.41) is 14.4. The summed E-state index contributed by atoms with van der Waals surface area (Å²) in [6, 6.07) is 7.93. The van der Waals surface area contributed by atoms with Gasteiger partial charge >= 0.3 is 0 Å². The predicted octanol–water partition coefficient (Wildman–Crippen LogP) is 1.63. The lowest BCUT2D eigenvalue weighted by atomic mass is 10.2. The van der Waals surface area contributed by atoms with E-state index in [1.54, 1.807) is 29.6 Å². The predicted molar refractivity (Wildman–Crippen MR) is 73.2 cm³/mol. The lowest BCUT2D eigenvalue weighted by molar-refractivity contribution is 0.788. The molecule has 2 heterocycles. The van der Waals surface area contributed by atoms with E-state index < -0.39 is 0 Å². The second-order valence-electron chi connectivity index (χ2n) is 4.30. The molecule has 3 aromatic rings. The van der Waals surface area contributed by atoms with E-state index in [9.17, 15) is 0 Å². The van der Waals surface area contributed by atoms with Gasteiger partial charge in [-0.3, -0.25) is 9.97 Å². The van der Waals surface area contributed by atoms with Crippen LogP contribution in [0.5, 0.6) is 0 Å². The van der Waals surface area contributed by atoms with Gasteiger partial charge in [0.05, 0.1) is 23.6 Å². The Morgan fingerprint density at radius 3 is 2.65 bits per heavy atom. The van der Waals surface area contributed by atoms with Crippen LogP contribution in [0.15, 0.2) is 49.2 Å². The highest BCUT2D eigenvalue weighted by Gasteiger charge is 2.06.